The highest BCUT2D eigenvalue weighted by atomic mass is 19.3. The molecule has 0 spiro atoms. The average Bonchev–Trinajstić information content (AvgIpc) is 2.61. The number of carbonyl (C=O) groups excluding carboxylic acids is 1. The molecule has 0 radical (unpaired) electrons. The molecule has 1 aliphatic rings. The predicted molar refractivity (Wildman–Crippen MR) is 97.9 cm³/mol. The Morgan fingerprint density at radius 2 is 2.04 bits per heavy atom. The number of hydrogen-bond acceptors (Lipinski definition) is 5. The van der Waals surface area contributed by atoms with Gasteiger partial charge in [0.05, 0.1) is 24.5 Å². The number of anilines is 2. The highest BCUT2D eigenvalue weighted by molar-refractivity contribution is 6.07. The van der Waals surface area contributed by atoms with Crippen LogP contribution < -0.4 is 10.6 Å². The molecule has 9 heteroatoms. The van der Waals surface area contributed by atoms with E-state index >= 15 is 0 Å². The highest BCUT2D eigenvalue weighted by Gasteiger charge is 2.45. The summed E-state index contributed by atoms with van der Waals surface area (Å²) in [6.45, 7) is 4.24. The average molecular weight is 394 g/mol. The lowest BCUT2D eigenvalue weighted by atomic mass is 9.88. The molecular formula is C19H21F3N4O2. The van der Waals surface area contributed by atoms with Gasteiger partial charge in [-0.25, -0.2) is 23.1 Å². The van der Waals surface area contributed by atoms with Crippen molar-refractivity contribution >= 4 is 17.5 Å². The number of halogens is 3. The fourth-order valence-corrected chi connectivity index (χ4v) is 2.71. The van der Waals surface area contributed by atoms with Crippen LogP contribution in [0.25, 0.3) is 0 Å². The summed E-state index contributed by atoms with van der Waals surface area (Å²) in [6.07, 6.45) is 1.87. The van der Waals surface area contributed by atoms with Crippen molar-refractivity contribution in [2.45, 2.75) is 51.4 Å². The molecule has 0 aromatic carbocycles. The van der Waals surface area contributed by atoms with Gasteiger partial charge in [0.15, 0.2) is 0 Å². The molecule has 0 unspecified atom stereocenters. The Balaban J connectivity index is 1.67. The number of pyridine rings is 2. The van der Waals surface area contributed by atoms with E-state index < -0.39 is 23.7 Å². The largest absolute Gasteiger partial charge is 0.374 e. The maximum Gasteiger partial charge on any atom is 0.260 e. The minimum absolute atomic E-state index is 0.0568. The van der Waals surface area contributed by atoms with Crippen LogP contribution in [0.3, 0.4) is 0 Å². The normalized spacial score (nSPS) is 15.9. The number of rotatable bonds is 7. The molecule has 2 aromatic heterocycles. The maximum absolute atomic E-state index is 13.6. The van der Waals surface area contributed by atoms with Gasteiger partial charge in [-0.05, 0) is 31.5 Å². The molecule has 2 aromatic rings. The number of hydrogen-bond donors (Lipinski definition) is 2. The molecule has 1 aliphatic carbocycles. The number of ether oxygens (including phenoxy) is 1. The van der Waals surface area contributed by atoms with E-state index in [0.29, 0.717) is 6.61 Å². The Morgan fingerprint density at radius 3 is 2.64 bits per heavy atom. The summed E-state index contributed by atoms with van der Waals surface area (Å²) < 4.78 is 45.1. The van der Waals surface area contributed by atoms with Crippen LogP contribution in [0.4, 0.5) is 24.8 Å². The molecule has 0 aliphatic heterocycles. The van der Waals surface area contributed by atoms with Gasteiger partial charge in [0, 0.05) is 25.1 Å². The van der Waals surface area contributed by atoms with Crippen LogP contribution in [0, 0.1) is 5.82 Å². The lowest BCUT2D eigenvalue weighted by molar-refractivity contribution is -0.0794. The van der Waals surface area contributed by atoms with E-state index in [1.54, 1.807) is 18.3 Å². The second-order valence-corrected chi connectivity index (χ2v) is 7.02. The molecule has 1 fully saturated rings. The van der Waals surface area contributed by atoms with E-state index in [0.717, 1.165) is 17.8 Å². The smallest absolute Gasteiger partial charge is 0.260 e. The van der Waals surface area contributed by atoms with Gasteiger partial charge < -0.3 is 15.4 Å². The topological polar surface area (TPSA) is 76.1 Å². The Bertz CT molecular complexity index is 836. The third-order valence-corrected chi connectivity index (χ3v) is 4.18. The molecular weight excluding hydrogens is 373 g/mol. The zero-order chi connectivity index (χ0) is 20.3. The quantitative estimate of drug-likeness (QED) is 0.742. The Kier molecular flexibility index (Phi) is 5.83. The van der Waals surface area contributed by atoms with Gasteiger partial charge in [-0.3, -0.25) is 4.79 Å². The van der Waals surface area contributed by atoms with Crippen molar-refractivity contribution in [3.63, 3.8) is 0 Å². The summed E-state index contributed by atoms with van der Waals surface area (Å²) in [7, 11) is 0. The van der Waals surface area contributed by atoms with E-state index in [9.17, 15) is 18.0 Å². The Hall–Kier alpha value is -2.68. The number of carbonyl (C=O) groups is 1. The molecule has 2 N–H and O–H groups in total. The minimum atomic E-state index is -2.72. The second-order valence-electron chi connectivity index (χ2n) is 7.02. The number of nitrogens with one attached hydrogen (secondary N) is 2. The molecule has 0 bridgehead atoms. The van der Waals surface area contributed by atoms with Gasteiger partial charge in [-0.2, -0.15) is 0 Å². The summed E-state index contributed by atoms with van der Waals surface area (Å²) in [5, 5.41) is 5.34. The summed E-state index contributed by atoms with van der Waals surface area (Å²) in [6, 6.07) is 3.85. The van der Waals surface area contributed by atoms with Crippen molar-refractivity contribution in [1.82, 2.24) is 9.97 Å². The van der Waals surface area contributed by atoms with Crippen LogP contribution in [0.15, 0.2) is 30.6 Å². The number of alkyl halides is 2. The fourth-order valence-electron chi connectivity index (χ4n) is 2.71. The minimum Gasteiger partial charge on any atom is -0.374 e. The molecule has 0 atom stereocenters. The zero-order valence-electron chi connectivity index (χ0n) is 15.5. The molecule has 2 heterocycles. The van der Waals surface area contributed by atoms with E-state index in [1.807, 2.05) is 13.8 Å². The Labute approximate surface area is 160 Å². The number of aromatic nitrogens is 2. The van der Waals surface area contributed by atoms with E-state index in [2.05, 4.69) is 20.6 Å². The van der Waals surface area contributed by atoms with Crippen LogP contribution in [0.2, 0.25) is 0 Å². The van der Waals surface area contributed by atoms with Crippen LogP contribution >= 0.6 is 0 Å². The van der Waals surface area contributed by atoms with Crippen molar-refractivity contribution in [3.8, 4) is 0 Å². The van der Waals surface area contributed by atoms with Gasteiger partial charge in [0.1, 0.15) is 17.5 Å². The standard InChI is InChI=1S/C19H21F3N4O2/c1-11(2)28-10-12-3-4-16(23-8-12)26-18(27)15-5-13(20)9-24-17(15)25-14-6-19(21,22)7-14/h3-5,8-9,11,14H,6-7,10H2,1-2H3,(H,24,25)(H,23,26,27). The van der Waals surface area contributed by atoms with Crippen LogP contribution in [0.1, 0.15) is 42.6 Å². The summed E-state index contributed by atoms with van der Waals surface area (Å²) >= 11 is 0. The molecule has 150 valence electrons. The first-order valence-corrected chi connectivity index (χ1v) is 8.89. The van der Waals surface area contributed by atoms with Crippen LogP contribution in [-0.2, 0) is 11.3 Å². The van der Waals surface area contributed by atoms with E-state index in [4.69, 9.17) is 4.74 Å². The zero-order valence-corrected chi connectivity index (χ0v) is 15.5. The highest BCUT2D eigenvalue weighted by Crippen LogP contribution is 2.39. The fraction of sp³-hybridized carbons (Fsp3) is 0.421. The first-order chi connectivity index (χ1) is 13.2. The third-order valence-electron chi connectivity index (χ3n) is 4.18. The van der Waals surface area contributed by atoms with Gasteiger partial charge in [-0.1, -0.05) is 6.07 Å². The number of amides is 1. The second kappa shape index (κ2) is 8.14. The first-order valence-electron chi connectivity index (χ1n) is 8.89. The Morgan fingerprint density at radius 1 is 1.29 bits per heavy atom. The van der Waals surface area contributed by atoms with E-state index in [-0.39, 0.29) is 36.1 Å². The van der Waals surface area contributed by atoms with Crippen molar-refractivity contribution in [3.05, 3.63) is 47.5 Å². The van der Waals surface area contributed by atoms with Crippen molar-refractivity contribution in [1.29, 1.82) is 0 Å². The predicted octanol–water partition coefficient (Wildman–Crippen LogP) is 4.00. The molecule has 1 saturated carbocycles. The monoisotopic (exact) mass is 394 g/mol. The van der Waals surface area contributed by atoms with Gasteiger partial charge in [0.2, 0.25) is 0 Å². The molecule has 6 nitrogen and oxygen atoms in total. The summed E-state index contributed by atoms with van der Waals surface area (Å²) in [4.78, 5) is 20.5. The molecule has 3 rings (SSSR count). The molecule has 0 saturated heterocycles. The van der Waals surface area contributed by atoms with Gasteiger partial charge in [-0.15, -0.1) is 0 Å². The molecule has 28 heavy (non-hydrogen) atoms. The van der Waals surface area contributed by atoms with Crippen molar-refractivity contribution in [2.75, 3.05) is 10.6 Å². The van der Waals surface area contributed by atoms with Gasteiger partial charge in [0.25, 0.3) is 11.8 Å². The summed E-state index contributed by atoms with van der Waals surface area (Å²) in [5.74, 6) is -3.74. The van der Waals surface area contributed by atoms with Crippen molar-refractivity contribution in [2.24, 2.45) is 0 Å². The third kappa shape index (κ3) is 5.19. The van der Waals surface area contributed by atoms with Crippen LogP contribution in [0.5, 0.6) is 0 Å². The maximum atomic E-state index is 13.6. The first kappa shape index (κ1) is 20.1. The van der Waals surface area contributed by atoms with Gasteiger partial charge >= 0.3 is 0 Å². The summed E-state index contributed by atoms with van der Waals surface area (Å²) in [5.41, 5.74) is 0.761. The van der Waals surface area contributed by atoms with E-state index in [1.165, 1.54) is 0 Å². The lowest BCUT2D eigenvalue weighted by Gasteiger charge is -2.35. The number of nitrogens with zero attached hydrogens (tertiary/aromatic N) is 2. The van der Waals surface area contributed by atoms with Crippen molar-refractivity contribution < 1.29 is 22.7 Å². The SMILES string of the molecule is CC(C)OCc1ccc(NC(=O)c2cc(F)cnc2NC2CC(F)(F)C2)nc1. The van der Waals surface area contributed by atoms with Crippen LogP contribution in [-0.4, -0.2) is 33.9 Å². The molecule has 1 amide bonds. The lowest BCUT2D eigenvalue weighted by Crippen LogP contribution is -2.44.